The number of thioether (sulfide) groups is 1. The molecule has 0 aliphatic heterocycles. The molecule has 10 nitrogen and oxygen atoms in total. The van der Waals surface area contributed by atoms with Crippen LogP contribution in [-0.4, -0.2) is 98.4 Å². The lowest BCUT2D eigenvalue weighted by Gasteiger charge is -2.19. The van der Waals surface area contributed by atoms with E-state index < -0.39 is 36.6 Å². The predicted octanol–water partition coefficient (Wildman–Crippen LogP) is 3.80. The first-order chi connectivity index (χ1) is 19.8. The van der Waals surface area contributed by atoms with Crippen LogP contribution in [0.25, 0.3) is 0 Å². The number of hydrogen-bond donors (Lipinski definition) is 5. The molecule has 0 rings (SSSR count). The summed E-state index contributed by atoms with van der Waals surface area (Å²) in [6.07, 6.45) is 18.4. The summed E-state index contributed by atoms with van der Waals surface area (Å²) in [5, 5.41) is 17.4. The second kappa shape index (κ2) is 28.6. The fraction of sp³-hybridized carbons (Fsp3) is 0.900. The second-order valence-electron chi connectivity index (χ2n) is 11.0. The number of carbonyl (C=O) groups excluding carboxylic acids is 3. The molecule has 0 spiro atoms. The third kappa shape index (κ3) is 25.8. The highest BCUT2D eigenvalue weighted by atomic mass is 32.2. The summed E-state index contributed by atoms with van der Waals surface area (Å²) in [6.45, 7) is 3.87. The number of alkyl carbamates (subject to hydrolysis) is 1. The lowest BCUT2D eigenvalue weighted by molar-refractivity contribution is -0.130. The van der Waals surface area contributed by atoms with E-state index in [1.807, 2.05) is 19.0 Å². The van der Waals surface area contributed by atoms with Crippen LogP contribution in [0.4, 0.5) is 4.79 Å². The number of nitrogens with one attached hydrogen (secondary N) is 3. The number of unbranched alkanes of at least 4 members (excludes halogenated alkanes) is 13. The number of aliphatic hydroxyl groups is 1. The zero-order valence-corrected chi connectivity index (χ0v) is 27.0. The van der Waals surface area contributed by atoms with Gasteiger partial charge in [0, 0.05) is 24.6 Å². The Balaban J connectivity index is 3.65. The highest BCUT2D eigenvalue weighted by molar-refractivity contribution is 7.99. The van der Waals surface area contributed by atoms with Crippen LogP contribution in [0.2, 0.25) is 0 Å². The smallest absolute Gasteiger partial charge is 0.407 e. The summed E-state index contributed by atoms with van der Waals surface area (Å²) in [5.74, 6) is -0.0358. The quantitative estimate of drug-likeness (QED) is 0.0849. The average Bonchev–Trinajstić information content (AvgIpc) is 2.95. The van der Waals surface area contributed by atoms with Gasteiger partial charge in [-0.15, -0.1) is 0 Å². The van der Waals surface area contributed by atoms with Crippen molar-refractivity contribution >= 4 is 29.7 Å². The maximum atomic E-state index is 12.3. The largest absolute Gasteiger partial charge is 0.450 e. The fourth-order valence-electron chi connectivity index (χ4n) is 4.23. The van der Waals surface area contributed by atoms with Gasteiger partial charge in [-0.25, -0.2) is 4.79 Å². The van der Waals surface area contributed by atoms with E-state index >= 15 is 0 Å². The zero-order valence-electron chi connectivity index (χ0n) is 26.2. The zero-order chi connectivity index (χ0) is 30.6. The van der Waals surface area contributed by atoms with Gasteiger partial charge in [0.15, 0.2) is 0 Å². The van der Waals surface area contributed by atoms with Gasteiger partial charge < -0.3 is 36.4 Å². The van der Waals surface area contributed by atoms with Crippen LogP contribution >= 0.6 is 11.8 Å². The maximum Gasteiger partial charge on any atom is 0.407 e. The molecular formula is C30H61N5O5S. The van der Waals surface area contributed by atoms with E-state index in [1.165, 1.54) is 88.8 Å². The number of carbonyl (C=O) groups is 3. The van der Waals surface area contributed by atoms with Crippen molar-refractivity contribution in [3.05, 3.63) is 0 Å². The molecule has 0 saturated carbocycles. The molecule has 0 aromatic heterocycles. The number of ether oxygens (including phenoxy) is 1. The molecule has 0 bridgehead atoms. The average molecular weight is 604 g/mol. The van der Waals surface area contributed by atoms with Crippen molar-refractivity contribution in [2.24, 2.45) is 5.73 Å². The monoisotopic (exact) mass is 603 g/mol. The molecular weight excluding hydrogens is 542 g/mol. The van der Waals surface area contributed by atoms with Crippen LogP contribution in [0.15, 0.2) is 0 Å². The topological polar surface area (TPSA) is 146 Å². The molecule has 11 heteroatoms. The molecule has 41 heavy (non-hydrogen) atoms. The van der Waals surface area contributed by atoms with Gasteiger partial charge in [-0.2, -0.15) is 11.8 Å². The first-order valence-corrected chi connectivity index (χ1v) is 17.0. The Kier molecular flexibility index (Phi) is 27.5. The molecule has 0 saturated heterocycles. The fourth-order valence-corrected chi connectivity index (χ4v) is 5.05. The normalized spacial score (nSPS) is 12.6. The lowest BCUT2D eigenvalue weighted by Crippen LogP contribution is -2.54. The van der Waals surface area contributed by atoms with Crippen LogP contribution in [0.5, 0.6) is 0 Å². The summed E-state index contributed by atoms with van der Waals surface area (Å²) in [7, 11) is 3.89. The number of nitrogens with zero attached hydrogens (tertiary/aromatic N) is 1. The van der Waals surface area contributed by atoms with Crippen molar-refractivity contribution in [2.75, 3.05) is 58.4 Å². The Hall–Kier alpha value is -1.56. The van der Waals surface area contributed by atoms with Crippen LogP contribution in [0.1, 0.15) is 103 Å². The van der Waals surface area contributed by atoms with E-state index in [1.54, 1.807) is 0 Å². The lowest BCUT2D eigenvalue weighted by atomic mass is 10.0. The summed E-state index contributed by atoms with van der Waals surface area (Å²) in [6, 6.07) is -1.86. The van der Waals surface area contributed by atoms with Crippen LogP contribution < -0.4 is 21.7 Å². The van der Waals surface area contributed by atoms with E-state index in [2.05, 4.69) is 22.9 Å². The van der Waals surface area contributed by atoms with Gasteiger partial charge in [0.05, 0.1) is 19.3 Å². The van der Waals surface area contributed by atoms with Gasteiger partial charge >= 0.3 is 6.09 Å². The van der Waals surface area contributed by atoms with Crippen LogP contribution in [0, 0.1) is 0 Å². The Labute approximate surface area is 254 Å². The molecule has 0 aliphatic rings. The molecule has 0 aromatic rings. The minimum Gasteiger partial charge on any atom is -0.450 e. The SMILES string of the molecule is CCCCCCCCCCCCCCCCOC(=O)NCCSC[C@H](N)C(=O)N[C@@H](CO)C(=O)NCCCN(C)C. The van der Waals surface area contributed by atoms with Crippen LogP contribution in [-0.2, 0) is 14.3 Å². The molecule has 242 valence electrons. The van der Waals surface area contributed by atoms with Gasteiger partial charge in [0.2, 0.25) is 11.8 Å². The van der Waals surface area contributed by atoms with Gasteiger partial charge in [-0.1, -0.05) is 90.4 Å². The van der Waals surface area contributed by atoms with Crippen molar-refractivity contribution in [1.82, 2.24) is 20.9 Å². The minimum atomic E-state index is -1.03. The molecule has 0 radical (unpaired) electrons. The van der Waals surface area contributed by atoms with Crippen molar-refractivity contribution in [2.45, 2.75) is 115 Å². The Bertz CT molecular complexity index is 657. The van der Waals surface area contributed by atoms with Crippen LogP contribution in [0.3, 0.4) is 0 Å². The second-order valence-corrected chi connectivity index (χ2v) is 12.2. The minimum absolute atomic E-state index is 0.324. The van der Waals surface area contributed by atoms with E-state index in [0.29, 0.717) is 31.2 Å². The molecule has 0 unspecified atom stereocenters. The highest BCUT2D eigenvalue weighted by Gasteiger charge is 2.22. The molecule has 3 amide bonds. The summed E-state index contributed by atoms with van der Waals surface area (Å²) in [5.41, 5.74) is 5.92. The molecule has 0 fully saturated rings. The Morgan fingerprint density at radius 1 is 0.805 bits per heavy atom. The van der Waals surface area contributed by atoms with Crippen molar-refractivity contribution < 1.29 is 24.2 Å². The maximum absolute atomic E-state index is 12.3. The van der Waals surface area contributed by atoms with Crippen molar-refractivity contribution in [1.29, 1.82) is 0 Å². The highest BCUT2D eigenvalue weighted by Crippen LogP contribution is 2.13. The third-order valence-electron chi connectivity index (χ3n) is 6.78. The van der Waals surface area contributed by atoms with E-state index in [0.717, 1.165) is 25.8 Å². The standard InChI is InChI=1S/C30H61N5O5S/c1-4-5-6-7-8-9-10-11-12-13-14-15-16-17-22-40-30(39)33-20-23-41-25-26(31)28(37)34-27(24-36)29(38)32-19-18-21-35(2)3/h26-27,36H,4-25,31H2,1-3H3,(H,32,38)(H,33,39)(H,34,37)/t26-,27-/m0/s1. The predicted molar refractivity (Wildman–Crippen MR) is 170 cm³/mol. The molecule has 0 aromatic carbocycles. The van der Waals surface area contributed by atoms with E-state index in [9.17, 15) is 19.5 Å². The number of rotatable bonds is 28. The molecule has 0 heterocycles. The number of amides is 3. The van der Waals surface area contributed by atoms with Gasteiger partial charge in [0.1, 0.15) is 6.04 Å². The van der Waals surface area contributed by atoms with Gasteiger partial charge in [-0.05, 0) is 33.5 Å². The van der Waals surface area contributed by atoms with Gasteiger partial charge in [0.25, 0.3) is 0 Å². The number of hydrogen-bond acceptors (Lipinski definition) is 8. The van der Waals surface area contributed by atoms with Crippen molar-refractivity contribution in [3.8, 4) is 0 Å². The summed E-state index contributed by atoms with van der Waals surface area (Å²) in [4.78, 5) is 38.3. The summed E-state index contributed by atoms with van der Waals surface area (Å²) >= 11 is 1.42. The first-order valence-electron chi connectivity index (χ1n) is 15.9. The molecule has 2 atom stereocenters. The Morgan fingerprint density at radius 2 is 1.37 bits per heavy atom. The van der Waals surface area contributed by atoms with E-state index in [-0.39, 0.29) is 0 Å². The summed E-state index contributed by atoms with van der Waals surface area (Å²) < 4.78 is 5.23. The van der Waals surface area contributed by atoms with E-state index in [4.69, 9.17) is 10.5 Å². The van der Waals surface area contributed by atoms with Crippen molar-refractivity contribution in [3.63, 3.8) is 0 Å². The molecule has 6 N–H and O–H groups in total. The third-order valence-corrected chi connectivity index (χ3v) is 7.87. The van der Waals surface area contributed by atoms with Gasteiger partial charge in [-0.3, -0.25) is 9.59 Å². The molecule has 0 aliphatic carbocycles. The number of nitrogens with two attached hydrogens (primary N) is 1. The number of aliphatic hydroxyl groups excluding tert-OH is 1. The Morgan fingerprint density at radius 3 is 1.90 bits per heavy atom. The first kappa shape index (κ1) is 39.4.